The lowest BCUT2D eigenvalue weighted by Crippen LogP contribution is -1.94. The molecule has 2 N–H and O–H groups in total. The highest BCUT2D eigenvalue weighted by atomic mass is 16.1. The van der Waals surface area contributed by atoms with Crippen molar-refractivity contribution in [3.63, 3.8) is 0 Å². The van der Waals surface area contributed by atoms with Crippen molar-refractivity contribution in [3.8, 4) is 0 Å². The van der Waals surface area contributed by atoms with Gasteiger partial charge in [0.25, 0.3) is 5.91 Å². The normalized spacial score (nSPS) is 14.0. The summed E-state index contributed by atoms with van der Waals surface area (Å²) in [4.78, 5) is 14.8. The zero-order valence-corrected chi connectivity index (χ0v) is 6.77. The van der Waals surface area contributed by atoms with Crippen molar-refractivity contribution in [3.05, 3.63) is 34.9 Å². The number of fused-ring (bicyclic) bond motifs is 1. The van der Waals surface area contributed by atoms with Gasteiger partial charge in [-0.2, -0.15) is 5.10 Å². The standard InChI is InChI=1S/C9H7N3O/c10-12-4-6-1-2-7-5-11-9(13)8(7)3-6/h1-5H,10H2. The molecule has 4 heteroatoms. The zero-order chi connectivity index (χ0) is 9.26. The van der Waals surface area contributed by atoms with E-state index in [1.807, 2.05) is 12.1 Å². The van der Waals surface area contributed by atoms with E-state index in [9.17, 15) is 4.79 Å². The van der Waals surface area contributed by atoms with E-state index in [4.69, 9.17) is 5.84 Å². The maximum atomic E-state index is 11.1. The van der Waals surface area contributed by atoms with Crippen molar-refractivity contribution in [1.82, 2.24) is 0 Å². The van der Waals surface area contributed by atoms with Crippen LogP contribution in [-0.4, -0.2) is 18.3 Å². The van der Waals surface area contributed by atoms with Crippen molar-refractivity contribution in [2.24, 2.45) is 15.9 Å². The van der Waals surface area contributed by atoms with E-state index in [0.717, 1.165) is 11.1 Å². The molecule has 0 atom stereocenters. The van der Waals surface area contributed by atoms with Crippen molar-refractivity contribution >= 4 is 18.3 Å². The Labute approximate surface area is 74.8 Å². The van der Waals surface area contributed by atoms with Gasteiger partial charge in [-0.1, -0.05) is 12.1 Å². The van der Waals surface area contributed by atoms with Crippen LogP contribution in [-0.2, 0) is 0 Å². The molecule has 64 valence electrons. The Kier molecular flexibility index (Phi) is 1.66. The Hall–Kier alpha value is -1.97. The van der Waals surface area contributed by atoms with Gasteiger partial charge in [0.1, 0.15) is 0 Å². The van der Waals surface area contributed by atoms with E-state index < -0.39 is 0 Å². The van der Waals surface area contributed by atoms with E-state index in [2.05, 4.69) is 10.1 Å². The van der Waals surface area contributed by atoms with E-state index in [1.54, 1.807) is 12.3 Å². The molecule has 1 aromatic carbocycles. The number of nitrogens with two attached hydrogens (primary N) is 1. The van der Waals surface area contributed by atoms with Crippen LogP contribution in [0.1, 0.15) is 21.5 Å². The number of hydrogen-bond acceptors (Lipinski definition) is 3. The van der Waals surface area contributed by atoms with Crippen LogP contribution in [0, 0.1) is 0 Å². The van der Waals surface area contributed by atoms with Gasteiger partial charge in [-0.25, -0.2) is 4.99 Å². The molecule has 2 rings (SSSR count). The molecule has 1 aliphatic heterocycles. The first-order valence-corrected chi connectivity index (χ1v) is 3.77. The fourth-order valence-corrected chi connectivity index (χ4v) is 1.24. The molecule has 0 saturated carbocycles. The molecular weight excluding hydrogens is 166 g/mol. The molecule has 0 saturated heterocycles. The molecule has 0 unspecified atom stereocenters. The summed E-state index contributed by atoms with van der Waals surface area (Å²) in [6.45, 7) is 0. The minimum atomic E-state index is -0.206. The summed E-state index contributed by atoms with van der Waals surface area (Å²) in [5.74, 6) is 4.79. The number of carbonyl (C=O) groups is 1. The summed E-state index contributed by atoms with van der Waals surface area (Å²) in [7, 11) is 0. The number of benzene rings is 1. The van der Waals surface area contributed by atoms with Crippen molar-refractivity contribution in [2.75, 3.05) is 0 Å². The second kappa shape index (κ2) is 2.82. The van der Waals surface area contributed by atoms with Crippen LogP contribution in [0.15, 0.2) is 28.3 Å². The number of amides is 1. The molecule has 1 aromatic rings. The highest BCUT2D eigenvalue weighted by Gasteiger charge is 2.14. The average molecular weight is 173 g/mol. The lowest BCUT2D eigenvalue weighted by Gasteiger charge is -1.96. The van der Waals surface area contributed by atoms with Gasteiger partial charge in [0.15, 0.2) is 0 Å². The Morgan fingerprint density at radius 2 is 2.31 bits per heavy atom. The number of nitrogens with zero attached hydrogens (tertiary/aromatic N) is 2. The van der Waals surface area contributed by atoms with Crippen LogP contribution >= 0.6 is 0 Å². The monoisotopic (exact) mass is 173 g/mol. The molecule has 0 spiro atoms. The van der Waals surface area contributed by atoms with E-state index in [0.29, 0.717) is 5.56 Å². The largest absolute Gasteiger partial charge is 0.323 e. The first-order valence-electron chi connectivity index (χ1n) is 3.77. The van der Waals surface area contributed by atoms with Crippen LogP contribution < -0.4 is 5.84 Å². The van der Waals surface area contributed by atoms with Gasteiger partial charge in [-0.15, -0.1) is 0 Å². The fraction of sp³-hybridized carbons (Fsp3) is 0. The number of aliphatic imine (C=N–C) groups is 1. The summed E-state index contributed by atoms with van der Waals surface area (Å²) in [5, 5.41) is 3.38. The third kappa shape index (κ3) is 1.22. The van der Waals surface area contributed by atoms with Crippen LogP contribution in [0.3, 0.4) is 0 Å². The van der Waals surface area contributed by atoms with Crippen LogP contribution in [0.2, 0.25) is 0 Å². The summed E-state index contributed by atoms with van der Waals surface area (Å²) in [6.07, 6.45) is 3.05. The summed E-state index contributed by atoms with van der Waals surface area (Å²) >= 11 is 0. The molecule has 1 heterocycles. The number of hydrazone groups is 1. The van der Waals surface area contributed by atoms with Crippen molar-refractivity contribution < 1.29 is 4.79 Å². The lowest BCUT2D eigenvalue weighted by atomic mass is 10.1. The average Bonchev–Trinajstić information content (AvgIpc) is 2.49. The SMILES string of the molecule is NN=Cc1ccc2c(c1)C(=O)N=C2. The van der Waals surface area contributed by atoms with Gasteiger partial charge in [0.05, 0.1) is 11.8 Å². The van der Waals surface area contributed by atoms with Gasteiger partial charge in [-0.05, 0) is 11.6 Å². The second-order valence-electron chi connectivity index (χ2n) is 2.69. The van der Waals surface area contributed by atoms with Gasteiger partial charge in [-0.3, -0.25) is 4.79 Å². The van der Waals surface area contributed by atoms with E-state index >= 15 is 0 Å². The van der Waals surface area contributed by atoms with Gasteiger partial charge < -0.3 is 5.84 Å². The Morgan fingerprint density at radius 3 is 3.08 bits per heavy atom. The Morgan fingerprint density at radius 1 is 1.46 bits per heavy atom. The van der Waals surface area contributed by atoms with E-state index in [1.165, 1.54) is 6.21 Å². The van der Waals surface area contributed by atoms with Crippen molar-refractivity contribution in [2.45, 2.75) is 0 Å². The quantitative estimate of drug-likeness (QED) is 0.383. The highest BCUT2D eigenvalue weighted by molar-refractivity contribution is 6.13. The maximum Gasteiger partial charge on any atom is 0.277 e. The molecule has 0 bridgehead atoms. The molecule has 0 radical (unpaired) electrons. The van der Waals surface area contributed by atoms with Gasteiger partial charge in [0.2, 0.25) is 0 Å². The summed E-state index contributed by atoms with van der Waals surface area (Å²) in [5.41, 5.74) is 2.26. The summed E-state index contributed by atoms with van der Waals surface area (Å²) < 4.78 is 0. The maximum absolute atomic E-state index is 11.1. The van der Waals surface area contributed by atoms with Crippen LogP contribution in [0.5, 0.6) is 0 Å². The minimum Gasteiger partial charge on any atom is -0.323 e. The molecule has 1 aliphatic rings. The smallest absolute Gasteiger partial charge is 0.277 e. The first kappa shape index (κ1) is 7.67. The van der Waals surface area contributed by atoms with Gasteiger partial charge in [0, 0.05) is 11.8 Å². The second-order valence-corrected chi connectivity index (χ2v) is 2.69. The summed E-state index contributed by atoms with van der Waals surface area (Å²) in [6, 6.07) is 5.38. The Bertz CT molecular complexity index is 421. The first-order chi connectivity index (χ1) is 6.31. The lowest BCUT2D eigenvalue weighted by molar-refractivity contribution is 0.101. The molecule has 1 amide bonds. The third-order valence-corrected chi connectivity index (χ3v) is 1.85. The molecule has 0 aliphatic carbocycles. The van der Waals surface area contributed by atoms with Crippen molar-refractivity contribution in [1.29, 1.82) is 0 Å². The highest BCUT2D eigenvalue weighted by Crippen LogP contribution is 2.15. The molecule has 4 nitrogen and oxygen atoms in total. The zero-order valence-electron chi connectivity index (χ0n) is 6.77. The molecule has 13 heavy (non-hydrogen) atoms. The van der Waals surface area contributed by atoms with Crippen LogP contribution in [0.25, 0.3) is 0 Å². The van der Waals surface area contributed by atoms with Crippen LogP contribution in [0.4, 0.5) is 0 Å². The third-order valence-electron chi connectivity index (χ3n) is 1.85. The van der Waals surface area contributed by atoms with E-state index in [-0.39, 0.29) is 5.91 Å². The van der Waals surface area contributed by atoms with Gasteiger partial charge >= 0.3 is 0 Å². The molecule has 0 fully saturated rings. The predicted octanol–water partition coefficient (Wildman–Crippen LogP) is 0.552. The minimum absolute atomic E-state index is 0.206. The molecular formula is C9H7N3O. The topological polar surface area (TPSA) is 67.8 Å². The number of hydrogen-bond donors (Lipinski definition) is 1. The number of rotatable bonds is 1. The molecule has 0 aromatic heterocycles. The fourth-order valence-electron chi connectivity index (χ4n) is 1.24. The number of carbonyl (C=O) groups excluding carboxylic acids is 1. The predicted molar refractivity (Wildman–Crippen MR) is 50.1 cm³/mol. The Balaban J connectivity index is 2.51.